The molecule has 0 fully saturated rings. The van der Waals surface area contributed by atoms with Crippen LogP contribution in [0.1, 0.15) is 54.0 Å². The molecule has 0 radical (unpaired) electrons. The first-order valence-corrected chi connectivity index (χ1v) is 10.1. The molecule has 1 aromatic heterocycles. The summed E-state index contributed by atoms with van der Waals surface area (Å²) in [5, 5.41) is 3.21. The topological polar surface area (TPSA) is 37.8 Å². The summed E-state index contributed by atoms with van der Waals surface area (Å²) >= 11 is 0. The molecule has 150 valence electrons. The minimum absolute atomic E-state index is 0.582. The van der Waals surface area contributed by atoms with Gasteiger partial charge in [-0.15, -0.1) is 0 Å². The van der Waals surface area contributed by atoms with Crippen LogP contribution < -0.4 is 5.32 Å². The van der Waals surface area contributed by atoms with Crippen LogP contribution in [-0.4, -0.2) is 9.97 Å². The van der Waals surface area contributed by atoms with Crippen LogP contribution in [0.5, 0.6) is 0 Å². The molecular formula is C25H35N3. The van der Waals surface area contributed by atoms with Gasteiger partial charge in [0.05, 0.1) is 0 Å². The third kappa shape index (κ3) is 8.17. The lowest BCUT2D eigenvalue weighted by molar-refractivity contribution is 1.17. The van der Waals surface area contributed by atoms with Crippen molar-refractivity contribution in [3.63, 3.8) is 0 Å². The predicted molar refractivity (Wildman–Crippen MR) is 126 cm³/mol. The summed E-state index contributed by atoms with van der Waals surface area (Å²) in [6, 6.07) is 18.1. The van der Waals surface area contributed by atoms with Crippen LogP contribution in [0, 0.1) is 0 Å². The maximum atomic E-state index is 4.38. The first-order valence-electron chi connectivity index (χ1n) is 10.1. The second-order valence-corrected chi connectivity index (χ2v) is 5.15. The maximum absolute atomic E-state index is 4.38. The summed E-state index contributed by atoms with van der Waals surface area (Å²) in [6.45, 7) is 18.0. The summed E-state index contributed by atoms with van der Waals surface area (Å²) < 4.78 is 0. The molecule has 3 heteroatoms. The SMILES string of the molecule is C=C(C)c1cccc(Nc2ncc(-c3ccccc3)cn2)c1.CC.CC.CC. The summed E-state index contributed by atoms with van der Waals surface area (Å²) in [6.07, 6.45) is 3.65. The molecule has 28 heavy (non-hydrogen) atoms. The standard InChI is InChI=1S/C19H17N3.3C2H6/c1-14(2)16-9-6-10-18(11-16)22-19-20-12-17(13-21-19)15-7-4-3-5-8-15;3*1-2/h3-13H,1H2,2H3,(H,20,21,22);3*1-2H3. The lowest BCUT2D eigenvalue weighted by Crippen LogP contribution is -1.97. The average molecular weight is 378 g/mol. The summed E-state index contributed by atoms with van der Waals surface area (Å²) in [5.74, 6) is 0.582. The Morgan fingerprint density at radius 1 is 0.750 bits per heavy atom. The zero-order chi connectivity index (χ0) is 21.4. The van der Waals surface area contributed by atoms with Crippen molar-refractivity contribution in [2.24, 2.45) is 0 Å². The van der Waals surface area contributed by atoms with Gasteiger partial charge < -0.3 is 5.32 Å². The monoisotopic (exact) mass is 377 g/mol. The molecule has 0 saturated carbocycles. The van der Waals surface area contributed by atoms with Crippen LogP contribution >= 0.6 is 0 Å². The molecule has 1 heterocycles. The smallest absolute Gasteiger partial charge is 0.227 e. The molecule has 0 amide bonds. The maximum Gasteiger partial charge on any atom is 0.227 e. The summed E-state index contributed by atoms with van der Waals surface area (Å²) in [4.78, 5) is 8.76. The van der Waals surface area contributed by atoms with Gasteiger partial charge >= 0.3 is 0 Å². The Kier molecular flexibility index (Phi) is 13.6. The largest absolute Gasteiger partial charge is 0.324 e. The number of hydrogen-bond acceptors (Lipinski definition) is 3. The van der Waals surface area contributed by atoms with E-state index in [4.69, 9.17) is 0 Å². The molecule has 0 aliphatic rings. The Morgan fingerprint density at radius 2 is 1.32 bits per heavy atom. The molecule has 0 aliphatic carbocycles. The van der Waals surface area contributed by atoms with Crippen LogP contribution in [0.3, 0.4) is 0 Å². The van der Waals surface area contributed by atoms with Crippen LogP contribution in [0.15, 0.2) is 73.6 Å². The molecule has 0 atom stereocenters. The van der Waals surface area contributed by atoms with Gasteiger partial charge in [-0.05, 0) is 30.2 Å². The number of nitrogens with zero attached hydrogens (tertiary/aromatic N) is 2. The molecule has 3 rings (SSSR count). The van der Waals surface area contributed by atoms with Crippen molar-refractivity contribution in [2.45, 2.75) is 48.5 Å². The quantitative estimate of drug-likeness (QED) is 0.500. The molecule has 0 spiro atoms. The fraction of sp³-hybridized carbons (Fsp3) is 0.280. The molecule has 3 nitrogen and oxygen atoms in total. The summed E-state index contributed by atoms with van der Waals surface area (Å²) in [7, 11) is 0. The Hall–Kier alpha value is -2.94. The highest BCUT2D eigenvalue weighted by Gasteiger charge is 2.02. The lowest BCUT2D eigenvalue weighted by Gasteiger charge is -2.07. The number of aromatic nitrogens is 2. The highest BCUT2D eigenvalue weighted by atomic mass is 15.1. The minimum atomic E-state index is 0.582. The van der Waals surface area contributed by atoms with Crippen molar-refractivity contribution in [3.8, 4) is 11.1 Å². The van der Waals surface area contributed by atoms with Crippen LogP contribution in [0.25, 0.3) is 16.7 Å². The van der Waals surface area contributed by atoms with E-state index in [1.807, 2.05) is 115 Å². The first-order chi connectivity index (χ1) is 13.7. The van der Waals surface area contributed by atoms with E-state index in [2.05, 4.69) is 21.9 Å². The Morgan fingerprint density at radius 3 is 1.86 bits per heavy atom. The van der Waals surface area contributed by atoms with Gasteiger partial charge in [-0.1, -0.05) is 96.2 Å². The van der Waals surface area contributed by atoms with E-state index >= 15 is 0 Å². The number of anilines is 2. The first kappa shape index (κ1) is 25.1. The third-order valence-corrected chi connectivity index (χ3v) is 3.37. The van der Waals surface area contributed by atoms with Crippen molar-refractivity contribution in [3.05, 3.63) is 79.1 Å². The van der Waals surface area contributed by atoms with Gasteiger partial charge in [0.1, 0.15) is 0 Å². The van der Waals surface area contributed by atoms with Crippen LogP contribution in [0.2, 0.25) is 0 Å². The Labute approximate surface area is 171 Å². The fourth-order valence-electron chi connectivity index (χ4n) is 2.16. The van der Waals surface area contributed by atoms with Gasteiger partial charge in [0, 0.05) is 23.6 Å². The Balaban J connectivity index is 0.00000111. The third-order valence-electron chi connectivity index (χ3n) is 3.37. The average Bonchev–Trinajstić information content (AvgIpc) is 2.79. The van der Waals surface area contributed by atoms with E-state index < -0.39 is 0 Å². The molecule has 2 aromatic carbocycles. The van der Waals surface area contributed by atoms with E-state index in [1.54, 1.807) is 0 Å². The van der Waals surface area contributed by atoms with Crippen molar-refractivity contribution >= 4 is 17.2 Å². The highest BCUT2D eigenvalue weighted by molar-refractivity contribution is 5.67. The lowest BCUT2D eigenvalue weighted by atomic mass is 10.1. The van der Waals surface area contributed by atoms with Crippen LogP contribution in [-0.2, 0) is 0 Å². The van der Waals surface area contributed by atoms with E-state index in [0.29, 0.717) is 5.95 Å². The van der Waals surface area contributed by atoms with Crippen LogP contribution in [0.4, 0.5) is 11.6 Å². The van der Waals surface area contributed by atoms with Gasteiger partial charge in [0.2, 0.25) is 5.95 Å². The van der Waals surface area contributed by atoms with Gasteiger partial charge in [-0.3, -0.25) is 0 Å². The van der Waals surface area contributed by atoms with E-state index in [9.17, 15) is 0 Å². The number of allylic oxidation sites excluding steroid dienone is 1. The number of rotatable bonds is 4. The zero-order valence-electron chi connectivity index (χ0n) is 18.5. The molecular weight excluding hydrogens is 342 g/mol. The van der Waals surface area contributed by atoms with Crippen molar-refractivity contribution in [1.29, 1.82) is 0 Å². The molecule has 0 unspecified atom stereocenters. The minimum Gasteiger partial charge on any atom is -0.324 e. The number of benzene rings is 2. The van der Waals surface area contributed by atoms with Crippen molar-refractivity contribution in [1.82, 2.24) is 9.97 Å². The van der Waals surface area contributed by atoms with Gasteiger partial charge in [-0.2, -0.15) is 0 Å². The fourth-order valence-corrected chi connectivity index (χ4v) is 2.16. The number of nitrogens with one attached hydrogen (secondary N) is 1. The highest BCUT2D eigenvalue weighted by Crippen LogP contribution is 2.21. The van der Waals surface area contributed by atoms with Crippen molar-refractivity contribution in [2.75, 3.05) is 5.32 Å². The molecule has 0 saturated heterocycles. The second-order valence-electron chi connectivity index (χ2n) is 5.15. The van der Waals surface area contributed by atoms with Gasteiger partial charge in [-0.25, -0.2) is 9.97 Å². The van der Waals surface area contributed by atoms with E-state index in [0.717, 1.165) is 28.0 Å². The summed E-state index contributed by atoms with van der Waals surface area (Å²) in [5.41, 5.74) is 5.20. The molecule has 0 bridgehead atoms. The number of hydrogen-bond donors (Lipinski definition) is 1. The van der Waals surface area contributed by atoms with E-state index in [-0.39, 0.29) is 0 Å². The zero-order valence-corrected chi connectivity index (χ0v) is 18.5. The van der Waals surface area contributed by atoms with Crippen molar-refractivity contribution < 1.29 is 0 Å². The predicted octanol–water partition coefficient (Wildman–Crippen LogP) is 8.00. The van der Waals surface area contributed by atoms with E-state index in [1.165, 1.54) is 0 Å². The molecule has 3 aromatic rings. The Bertz CT molecular complexity index is 778. The normalized spacial score (nSPS) is 8.68. The second kappa shape index (κ2) is 15.2. The van der Waals surface area contributed by atoms with Gasteiger partial charge in [0.25, 0.3) is 0 Å². The molecule has 1 N–H and O–H groups in total. The molecule has 0 aliphatic heterocycles. The van der Waals surface area contributed by atoms with Gasteiger partial charge in [0.15, 0.2) is 0 Å².